The number of aliphatic imine (C=N–C) groups is 1. The number of aromatic nitrogens is 2. The molecule has 3 N–H and O–H groups in total. The summed E-state index contributed by atoms with van der Waals surface area (Å²) >= 11 is 0. The number of pyridine rings is 1. The standard InChI is InChI=1S/C24H30N6O2/c1-25-12-17-9-10-22-28-18(16-30(22)15-17)13-27-24(31)19-6-5-7-21(20(19)14-26-2)29-23-8-3-4-11-32-23/h5-7,9-10,14-16,23,25,29H,3-4,8,11-13H2,1-2H3,(H,27,31)/b26-14-. The van der Waals surface area contributed by atoms with Gasteiger partial charge in [-0.15, -0.1) is 0 Å². The van der Waals surface area contributed by atoms with E-state index in [1.807, 2.05) is 54.2 Å². The minimum Gasteiger partial charge on any atom is -0.360 e. The van der Waals surface area contributed by atoms with Gasteiger partial charge >= 0.3 is 0 Å². The van der Waals surface area contributed by atoms with Crippen molar-refractivity contribution in [3.63, 3.8) is 0 Å². The number of anilines is 1. The molecule has 1 fully saturated rings. The number of amides is 1. The minimum absolute atomic E-state index is 0.0446. The third-order valence-corrected chi connectivity index (χ3v) is 5.48. The van der Waals surface area contributed by atoms with Crippen LogP contribution in [-0.4, -0.2) is 48.4 Å². The molecule has 32 heavy (non-hydrogen) atoms. The van der Waals surface area contributed by atoms with Crippen LogP contribution in [0.3, 0.4) is 0 Å². The van der Waals surface area contributed by atoms with Gasteiger partial charge in [-0.05, 0) is 50.1 Å². The molecule has 1 amide bonds. The first-order chi connectivity index (χ1) is 15.7. The Balaban J connectivity index is 1.48. The van der Waals surface area contributed by atoms with Crippen LogP contribution < -0.4 is 16.0 Å². The highest BCUT2D eigenvalue weighted by Gasteiger charge is 2.18. The van der Waals surface area contributed by atoms with Crippen LogP contribution in [0.4, 0.5) is 5.69 Å². The number of carbonyl (C=O) groups excluding carboxylic acids is 1. The predicted molar refractivity (Wildman–Crippen MR) is 126 cm³/mol. The molecule has 1 atom stereocenters. The summed E-state index contributed by atoms with van der Waals surface area (Å²) in [5.74, 6) is -0.166. The summed E-state index contributed by atoms with van der Waals surface area (Å²) in [6.07, 6.45) is 8.83. The quantitative estimate of drug-likeness (QED) is 0.474. The van der Waals surface area contributed by atoms with Crippen molar-refractivity contribution in [1.29, 1.82) is 0 Å². The summed E-state index contributed by atoms with van der Waals surface area (Å²) < 4.78 is 7.79. The number of fused-ring (bicyclic) bond motifs is 1. The Bertz CT molecular complexity index is 1100. The van der Waals surface area contributed by atoms with E-state index in [4.69, 9.17) is 4.74 Å². The van der Waals surface area contributed by atoms with Gasteiger partial charge < -0.3 is 25.1 Å². The third-order valence-electron chi connectivity index (χ3n) is 5.48. The Morgan fingerprint density at radius 2 is 2.16 bits per heavy atom. The van der Waals surface area contributed by atoms with Crippen molar-refractivity contribution in [3.05, 3.63) is 65.1 Å². The van der Waals surface area contributed by atoms with Gasteiger partial charge in [-0.25, -0.2) is 4.98 Å². The largest absolute Gasteiger partial charge is 0.360 e. The lowest BCUT2D eigenvalue weighted by atomic mass is 10.0. The highest BCUT2D eigenvalue weighted by atomic mass is 16.5. The summed E-state index contributed by atoms with van der Waals surface area (Å²) in [5, 5.41) is 9.57. The van der Waals surface area contributed by atoms with Crippen LogP contribution in [0.5, 0.6) is 0 Å². The van der Waals surface area contributed by atoms with Crippen LogP contribution >= 0.6 is 0 Å². The number of nitrogens with zero attached hydrogens (tertiary/aromatic N) is 3. The van der Waals surface area contributed by atoms with Crippen molar-refractivity contribution >= 4 is 23.5 Å². The molecule has 1 aliphatic heterocycles. The molecular weight excluding hydrogens is 404 g/mol. The van der Waals surface area contributed by atoms with E-state index in [1.54, 1.807) is 13.3 Å². The molecule has 0 spiro atoms. The zero-order chi connectivity index (χ0) is 22.3. The van der Waals surface area contributed by atoms with E-state index in [1.165, 1.54) is 5.56 Å². The lowest BCUT2D eigenvalue weighted by Crippen LogP contribution is -2.29. The molecule has 0 saturated carbocycles. The summed E-state index contributed by atoms with van der Waals surface area (Å²) in [6.45, 7) is 1.89. The first-order valence-corrected chi connectivity index (χ1v) is 11.0. The van der Waals surface area contributed by atoms with Crippen molar-refractivity contribution in [3.8, 4) is 0 Å². The fraction of sp³-hybridized carbons (Fsp3) is 0.375. The first-order valence-electron chi connectivity index (χ1n) is 11.0. The van der Waals surface area contributed by atoms with E-state index in [-0.39, 0.29) is 12.1 Å². The van der Waals surface area contributed by atoms with Crippen molar-refractivity contribution in [1.82, 2.24) is 20.0 Å². The molecule has 0 aliphatic carbocycles. The maximum absolute atomic E-state index is 13.0. The number of imidazole rings is 1. The number of hydrogen-bond acceptors (Lipinski definition) is 6. The second-order valence-corrected chi connectivity index (χ2v) is 7.90. The maximum atomic E-state index is 13.0. The SMILES string of the molecule is C/N=C\c1c(NC2CCCCO2)cccc1C(=O)NCc1cn2cc(CNC)ccc2n1. The number of benzene rings is 1. The number of hydrogen-bond donors (Lipinski definition) is 3. The van der Waals surface area contributed by atoms with E-state index in [0.717, 1.165) is 55.0 Å². The van der Waals surface area contributed by atoms with Crippen molar-refractivity contribution < 1.29 is 9.53 Å². The van der Waals surface area contributed by atoms with E-state index in [2.05, 4.69) is 25.9 Å². The highest BCUT2D eigenvalue weighted by molar-refractivity contribution is 6.05. The topological polar surface area (TPSA) is 92.1 Å². The molecule has 0 bridgehead atoms. The number of rotatable bonds is 8. The van der Waals surface area contributed by atoms with Gasteiger partial charge in [0.05, 0.1) is 17.8 Å². The average Bonchev–Trinajstić information content (AvgIpc) is 3.22. The summed E-state index contributed by atoms with van der Waals surface area (Å²) in [4.78, 5) is 21.8. The molecule has 3 heterocycles. The second kappa shape index (κ2) is 10.4. The van der Waals surface area contributed by atoms with Gasteiger partial charge in [0, 0.05) is 50.1 Å². The normalized spacial score (nSPS) is 16.5. The summed E-state index contributed by atoms with van der Waals surface area (Å²) in [5.41, 5.74) is 5.00. The van der Waals surface area contributed by atoms with E-state index < -0.39 is 0 Å². The van der Waals surface area contributed by atoms with E-state index in [0.29, 0.717) is 12.1 Å². The molecule has 8 heteroatoms. The van der Waals surface area contributed by atoms with Gasteiger partial charge in [-0.1, -0.05) is 12.1 Å². The molecule has 168 valence electrons. The Morgan fingerprint density at radius 1 is 1.25 bits per heavy atom. The molecule has 8 nitrogen and oxygen atoms in total. The zero-order valence-electron chi connectivity index (χ0n) is 18.6. The Labute approximate surface area is 188 Å². The van der Waals surface area contributed by atoms with Gasteiger partial charge in [0.25, 0.3) is 5.91 Å². The van der Waals surface area contributed by atoms with Crippen LogP contribution in [0, 0.1) is 0 Å². The van der Waals surface area contributed by atoms with Gasteiger partial charge in [0.2, 0.25) is 0 Å². The highest BCUT2D eigenvalue weighted by Crippen LogP contribution is 2.22. The van der Waals surface area contributed by atoms with E-state index in [9.17, 15) is 4.79 Å². The van der Waals surface area contributed by atoms with Crippen molar-refractivity contribution in [2.24, 2.45) is 4.99 Å². The van der Waals surface area contributed by atoms with E-state index >= 15 is 0 Å². The van der Waals surface area contributed by atoms with Gasteiger partial charge in [0.1, 0.15) is 11.9 Å². The zero-order valence-corrected chi connectivity index (χ0v) is 18.6. The molecule has 4 rings (SSSR count). The molecule has 1 aliphatic rings. The average molecular weight is 435 g/mol. The lowest BCUT2D eigenvalue weighted by molar-refractivity contribution is 0.0343. The monoisotopic (exact) mass is 434 g/mol. The molecule has 2 aromatic heterocycles. The molecule has 1 saturated heterocycles. The Morgan fingerprint density at radius 3 is 2.94 bits per heavy atom. The van der Waals surface area contributed by atoms with Crippen LogP contribution in [0.25, 0.3) is 5.65 Å². The van der Waals surface area contributed by atoms with Gasteiger partial charge in [0.15, 0.2) is 0 Å². The van der Waals surface area contributed by atoms with Crippen LogP contribution in [-0.2, 0) is 17.8 Å². The summed E-state index contributed by atoms with van der Waals surface area (Å²) in [6, 6.07) is 9.67. The van der Waals surface area contributed by atoms with Crippen molar-refractivity contribution in [2.45, 2.75) is 38.6 Å². The predicted octanol–water partition coefficient (Wildman–Crippen LogP) is 2.97. The fourth-order valence-corrected chi connectivity index (χ4v) is 3.94. The molecule has 3 aromatic rings. The number of ether oxygens (including phenoxy) is 1. The molecule has 0 radical (unpaired) electrons. The fourth-order valence-electron chi connectivity index (χ4n) is 3.94. The van der Waals surface area contributed by atoms with Crippen LogP contribution in [0.15, 0.2) is 47.7 Å². The maximum Gasteiger partial charge on any atom is 0.252 e. The Kier molecular flexibility index (Phi) is 7.14. The lowest BCUT2D eigenvalue weighted by Gasteiger charge is -2.25. The first kappa shape index (κ1) is 22.0. The minimum atomic E-state index is -0.166. The molecular formula is C24H30N6O2. The molecule has 1 aromatic carbocycles. The van der Waals surface area contributed by atoms with Crippen LogP contribution in [0.1, 0.15) is 46.4 Å². The third kappa shape index (κ3) is 5.15. The van der Waals surface area contributed by atoms with Gasteiger partial charge in [-0.2, -0.15) is 0 Å². The number of carbonyl (C=O) groups is 1. The smallest absolute Gasteiger partial charge is 0.252 e. The number of nitrogens with one attached hydrogen (secondary N) is 3. The van der Waals surface area contributed by atoms with Gasteiger partial charge in [-0.3, -0.25) is 9.79 Å². The Hall–Kier alpha value is -3.23. The molecule has 1 unspecified atom stereocenters. The van der Waals surface area contributed by atoms with Crippen LogP contribution in [0.2, 0.25) is 0 Å². The summed E-state index contributed by atoms with van der Waals surface area (Å²) in [7, 11) is 3.62. The van der Waals surface area contributed by atoms with Crippen molar-refractivity contribution in [2.75, 3.05) is 26.0 Å². The second-order valence-electron chi connectivity index (χ2n) is 7.90.